The number of piperazine rings is 1. The Labute approximate surface area is 147 Å². The van der Waals surface area contributed by atoms with Gasteiger partial charge in [-0.25, -0.2) is 4.98 Å². The number of rotatable bonds is 4. The molecule has 1 fully saturated rings. The second-order valence-electron chi connectivity index (χ2n) is 6.17. The molecular weight excluding hydrogens is 324 g/mol. The van der Waals surface area contributed by atoms with Crippen LogP contribution in [0, 0.1) is 6.92 Å². The molecule has 0 spiro atoms. The van der Waals surface area contributed by atoms with Crippen molar-refractivity contribution in [3.8, 4) is 0 Å². The molecule has 1 aliphatic rings. The summed E-state index contributed by atoms with van der Waals surface area (Å²) >= 11 is 5.95. The molecule has 0 aliphatic carbocycles. The van der Waals surface area contributed by atoms with E-state index in [1.54, 1.807) is 6.07 Å². The second kappa shape index (κ2) is 7.64. The van der Waals surface area contributed by atoms with Gasteiger partial charge in [-0.2, -0.15) is 0 Å². The van der Waals surface area contributed by atoms with Gasteiger partial charge < -0.3 is 10.2 Å². The number of anilines is 2. The minimum atomic E-state index is 0.0511. The van der Waals surface area contributed by atoms with Gasteiger partial charge in [0.15, 0.2) is 6.54 Å². The van der Waals surface area contributed by atoms with E-state index in [1.165, 1.54) is 4.90 Å². The Kier molecular flexibility index (Phi) is 5.33. The third-order valence-electron chi connectivity index (χ3n) is 4.38. The van der Waals surface area contributed by atoms with Crippen molar-refractivity contribution in [3.05, 3.63) is 53.2 Å². The number of carbonyl (C=O) groups is 1. The smallest absolute Gasteiger partial charge is 0.279 e. The average molecular weight is 347 g/mol. The highest BCUT2D eigenvalue weighted by Crippen LogP contribution is 2.19. The molecule has 1 amide bonds. The third kappa shape index (κ3) is 4.24. The Morgan fingerprint density at radius 1 is 1.29 bits per heavy atom. The molecule has 0 saturated carbocycles. The molecule has 2 aromatic rings. The maximum Gasteiger partial charge on any atom is 0.279 e. The van der Waals surface area contributed by atoms with E-state index in [4.69, 9.17) is 11.6 Å². The topological polar surface area (TPSA) is 50.9 Å². The van der Waals surface area contributed by atoms with Gasteiger partial charge in [-0.05, 0) is 36.8 Å². The van der Waals surface area contributed by atoms with E-state index in [2.05, 4.69) is 21.3 Å². The highest BCUT2D eigenvalue weighted by molar-refractivity contribution is 6.30. The number of carbonyl (C=O) groups excluding carboxylic acids is 1. The number of aryl methyl sites for hydroxylation is 1. The van der Waals surface area contributed by atoms with Crippen LogP contribution in [0.5, 0.6) is 0 Å². The van der Waals surface area contributed by atoms with Crippen LogP contribution in [0.4, 0.5) is 11.5 Å². The summed E-state index contributed by atoms with van der Waals surface area (Å²) in [5.41, 5.74) is 1.82. The van der Waals surface area contributed by atoms with Gasteiger partial charge in [-0.15, -0.1) is 0 Å². The molecule has 1 aromatic heterocycles. The number of quaternary nitrogens is 1. The largest absolute Gasteiger partial charge is 0.321 e. The number of amides is 1. The van der Waals surface area contributed by atoms with E-state index in [1.807, 2.05) is 37.4 Å². The maximum atomic E-state index is 12.3. The molecule has 6 heteroatoms. The summed E-state index contributed by atoms with van der Waals surface area (Å²) in [7, 11) is 0. The summed E-state index contributed by atoms with van der Waals surface area (Å²) < 4.78 is 0. The minimum Gasteiger partial charge on any atom is -0.321 e. The van der Waals surface area contributed by atoms with E-state index >= 15 is 0 Å². The first kappa shape index (κ1) is 16.7. The van der Waals surface area contributed by atoms with Gasteiger partial charge in [0.2, 0.25) is 0 Å². The quantitative estimate of drug-likeness (QED) is 0.860. The first-order chi connectivity index (χ1) is 11.6. The molecule has 1 saturated heterocycles. The van der Waals surface area contributed by atoms with Crippen molar-refractivity contribution in [2.75, 3.05) is 42.9 Å². The highest BCUT2D eigenvalue weighted by atomic mass is 35.5. The predicted molar refractivity (Wildman–Crippen MR) is 95.6 cm³/mol. The van der Waals surface area contributed by atoms with Gasteiger partial charge in [0.1, 0.15) is 26.2 Å². The van der Waals surface area contributed by atoms with Crippen LogP contribution < -0.4 is 20.1 Å². The number of halogens is 1. The van der Waals surface area contributed by atoms with Crippen LogP contribution in [-0.4, -0.2) is 38.6 Å². The Bertz CT molecular complexity index is 699. The fraction of sp³-hybridized carbons (Fsp3) is 0.333. The van der Waals surface area contributed by atoms with Gasteiger partial charge in [-0.3, -0.25) is 9.69 Å². The molecule has 2 heterocycles. The summed E-state index contributed by atoms with van der Waals surface area (Å²) in [5, 5.41) is 3.67. The fourth-order valence-electron chi connectivity index (χ4n) is 3.01. The first-order valence-corrected chi connectivity index (χ1v) is 8.61. The second-order valence-corrected chi connectivity index (χ2v) is 6.61. The molecule has 1 aliphatic heterocycles. The summed E-state index contributed by atoms with van der Waals surface area (Å²) in [6, 6.07) is 11.6. The highest BCUT2D eigenvalue weighted by Gasteiger charge is 2.27. The van der Waals surface area contributed by atoms with Crippen LogP contribution in [0.1, 0.15) is 5.56 Å². The minimum absolute atomic E-state index is 0.0511. The average Bonchev–Trinajstić information content (AvgIpc) is 2.59. The van der Waals surface area contributed by atoms with Crippen LogP contribution >= 0.6 is 11.6 Å². The normalized spacial score (nSPS) is 15.3. The lowest BCUT2D eigenvalue weighted by Crippen LogP contribution is -3.15. The van der Waals surface area contributed by atoms with Gasteiger partial charge >= 0.3 is 0 Å². The van der Waals surface area contributed by atoms with Crippen LogP contribution in [0.15, 0.2) is 42.6 Å². The number of aromatic nitrogens is 1. The molecule has 5 nitrogen and oxygen atoms in total. The standard InChI is InChI=1S/C18H21ClN4O/c1-14-12-15(19)5-6-16(14)21-18(24)13-22-8-10-23(11-9-22)17-4-2-3-7-20-17/h2-7,12H,8-11,13H2,1H3,(H,21,24)/p+2. The summed E-state index contributed by atoms with van der Waals surface area (Å²) in [6.45, 7) is 6.25. The van der Waals surface area contributed by atoms with Crippen molar-refractivity contribution in [1.29, 1.82) is 0 Å². The van der Waals surface area contributed by atoms with Crippen LogP contribution in [0.2, 0.25) is 5.02 Å². The lowest BCUT2D eigenvalue weighted by molar-refractivity contribution is -0.892. The molecule has 126 valence electrons. The van der Waals surface area contributed by atoms with E-state index in [0.29, 0.717) is 11.6 Å². The lowest BCUT2D eigenvalue weighted by atomic mass is 10.2. The fourth-order valence-corrected chi connectivity index (χ4v) is 3.24. The van der Waals surface area contributed by atoms with E-state index < -0.39 is 0 Å². The first-order valence-electron chi connectivity index (χ1n) is 8.23. The van der Waals surface area contributed by atoms with Gasteiger partial charge in [-0.1, -0.05) is 17.7 Å². The molecule has 0 radical (unpaired) electrons. The monoisotopic (exact) mass is 346 g/mol. The zero-order chi connectivity index (χ0) is 16.9. The van der Waals surface area contributed by atoms with Crippen LogP contribution in [0.25, 0.3) is 0 Å². The number of hydrogen-bond acceptors (Lipinski definition) is 2. The molecule has 24 heavy (non-hydrogen) atoms. The molecule has 0 bridgehead atoms. The summed E-state index contributed by atoms with van der Waals surface area (Å²) in [6.07, 6.45) is 1.94. The lowest BCUT2D eigenvalue weighted by Gasteiger charge is -2.27. The number of H-pyrrole nitrogens is 1. The van der Waals surface area contributed by atoms with Gasteiger partial charge in [0, 0.05) is 16.8 Å². The molecule has 0 unspecified atom stereocenters. The van der Waals surface area contributed by atoms with Crippen molar-refractivity contribution in [3.63, 3.8) is 0 Å². The SMILES string of the molecule is Cc1cc(Cl)ccc1NC(=O)C[NH+]1CCN(c2cccc[nH+]2)CC1. The van der Waals surface area contributed by atoms with Crippen molar-refractivity contribution in [1.82, 2.24) is 0 Å². The zero-order valence-corrected chi connectivity index (χ0v) is 14.6. The molecule has 1 aromatic carbocycles. The summed E-state index contributed by atoms with van der Waals surface area (Å²) in [4.78, 5) is 19.2. The van der Waals surface area contributed by atoms with Crippen LogP contribution in [-0.2, 0) is 4.79 Å². The van der Waals surface area contributed by atoms with Crippen LogP contribution in [0.3, 0.4) is 0 Å². The van der Waals surface area contributed by atoms with Gasteiger partial charge in [0.25, 0.3) is 11.7 Å². The molecule has 3 N–H and O–H groups in total. The van der Waals surface area contributed by atoms with E-state index in [-0.39, 0.29) is 5.91 Å². The Balaban J connectivity index is 1.50. The summed E-state index contributed by atoms with van der Waals surface area (Å²) in [5.74, 6) is 1.19. The number of aromatic amines is 1. The van der Waals surface area contributed by atoms with E-state index in [9.17, 15) is 4.79 Å². The molecular formula is C18H23ClN4O+2. The Morgan fingerprint density at radius 2 is 2.08 bits per heavy atom. The van der Waals surface area contributed by atoms with Gasteiger partial charge in [0.05, 0.1) is 6.20 Å². The Hall–Kier alpha value is -2.11. The molecule has 0 atom stereocenters. The maximum absolute atomic E-state index is 12.3. The Morgan fingerprint density at radius 3 is 2.75 bits per heavy atom. The number of hydrogen-bond donors (Lipinski definition) is 2. The van der Waals surface area contributed by atoms with Crippen molar-refractivity contribution in [2.24, 2.45) is 0 Å². The van der Waals surface area contributed by atoms with Crippen molar-refractivity contribution in [2.45, 2.75) is 6.92 Å². The number of pyridine rings is 1. The predicted octanol–water partition coefficient (Wildman–Crippen LogP) is 0.806. The van der Waals surface area contributed by atoms with Crippen molar-refractivity contribution >= 4 is 29.0 Å². The molecule has 3 rings (SSSR count). The number of benzene rings is 1. The van der Waals surface area contributed by atoms with E-state index in [0.717, 1.165) is 43.2 Å². The zero-order valence-electron chi connectivity index (χ0n) is 13.8. The number of nitrogens with one attached hydrogen (secondary N) is 3. The third-order valence-corrected chi connectivity index (χ3v) is 4.61. The number of nitrogens with zero attached hydrogens (tertiary/aromatic N) is 1. The van der Waals surface area contributed by atoms with Crippen molar-refractivity contribution < 1.29 is 14.7 Å².